The molecule has 1 aromatic heterocycles. The minimum atomic E-state index is -0.403. The maximum Gasteiger partial charge on any atom is 0.217 e. The lowest BCUT2D eigenvalue weighted by molar-refractivity contribution is -0.146. The molecule has 2 aromatic rings. The minimum Gasteiger partial charge on any atom is -0.346 e. The topological polar surface area (TPSA) is 36.3 Å². The molecule has 0 bridgehead atoms. The Bertz CT molecular complexity index is 569. The van der Waals surface area contributed by atoms with E-state index in [1.54, 1.807) is 0 Å². The van der Waals surface area contributed by atoms with E-state index >= 15 is 0 Å². The van der Waals surface area contributed by atoms with E-state index in [-0.39, 0.29) is 0 Å². The van der Waals surface area contributed by atoms with Crippen molar-refractivity contribution >= 4 is 11.0 Å². The Morgan fingerprint density at radius 3 is 2.35 bits per heavy atom. The van der Waals surface area contributed by atoms with Crippen molar-refractivity contribution in [2.45, 2.75) is 47.0 Å². The zero-order valence-electron chi connectivity index (χ0n) is 13.0. The summed E-state index contributed by atoms with van der Waals surface area (Å²) in [6, 6.07) is 6.65. The smallest absolute Gasteiger partial charge is 0.217 e. The van der Waals surface area contributed by atoms with E-state index in [1.165, 1.54) is 5.56 Å². The summed E-state index contributed by atoms with van der Waals surface area (Å²) in [4.78, 5) is 4.75. The van der Waals surface area contributed by atoms with E-state index in [0.717, 1.165) is 16.9 Å². The summed E-state index contributed by atoms with van der Waals surface area (Å²) in [6.07, 6.45) is -0.403. The fourth-order valence-electron chi connectivity index (χ4n) is 2.44. The molecule has 0 aliphatic heterocycles. The van der Waals surface area contributed by atoms with Gasteiger partial charge in [-0.25, -0.2) is 4.98 Å². The van der Waals surface area contributed by atoms with Crippen molar-refractivity contribution in [3.05, 3.63) is 29.6 Å². The summed E-state index contributed by atoms with van der Waals surface area (Å²) >= 11 is 0. The Kier molecular flexibility index (Phi) is 4.78. The van der Waals surface area contributed by atoms with Gasteiger partial charge >= 0.3 is 0 Å². The molecule has 1 aromatic carbocycles. The summed E-state index contributed by atoms with van der Waals surface area (Å²) in [7, 11) is 0. The molecule has 0 unspecified atom stereocenters. The fourth-order valence-corrected chi connectivity index (χ4v) is 2.44. The first-order valence-corrected chi connectivity index (χ1v) is 7.30. The van der Waals surface area contributed by atoms with Crippen LogP contribution in [-0.2, 0) is 9.47 Å². The summed E-state index contributed by atoms with van der Waals surface area (Å²) in [5.74, 6) is 0.851. The van der Waals surface area contributed by atoms with Gasteiger partial charge in [-0.05, 0) is 52.3 Å². The molecule has 4 heteroatoms. The Morgan fingerprint density at radius 2 is 1.80 bits per heavy atom. The van der Waals surface area contributed by atoms with Gasteiger partial charge < -0.3 is 14.0 Å². The second-order valence-corrected chi connectivity index (χ2v) is 5.17. The van der Waals surface area contributed by atoms with Crippen LogP contribution >= 0.6 is 0 Å². The standard InChI is InChI=1S/C16H24N2O2/c1-6-19-16(20-7-2)15-17-13-10-12(5)8-9-14(13)18(15)11(3)4/h8-11,16H,6-7H2,1-5H3. The largest absolute Gasteiger partial charge is 0.346 e. The molecule has 110 valence electrons. The number of rotatable bonds is 6. The predicted octanol–water partition coefficient (Wildman–Crippen LogP) is 4.00. The minimum absolute atomic E-state index is 0.307. The SMILES string of the molecule is CCOC(OCC)c1nc2cc(C)ccc2n1C(C)C. The van der Waals surface area contributed by atoms with Crippen molar-refractivity contribution in [3.63, 3.8) is 0 Å². The summed E-state index contributed by atoms with van der Waals surface area (Å²) < 4.78 is 13.6. The van der Waals surface area contributed by atoms with Crippen molar-refractivity contribution in [1.29, 1.82) is 0 Å². The maximum atomic E-state index is 5.71. The first-order valence-electron chi connectivity index (χ1n) is 7.30. The lowest BCUT2D eigenvalue weighted by atomic mass is 10.2. The van der Waals surface area contributed by atoms with E-state index < -0.39 is 6.29 Å². The van der Waals surface area contributed by atoms with Crippen LogP contribution in [0.1, 0.15) is 51.4 Å². The number of aromatic nitrogens is 2. The molecule has 0 saturated heterocycles. The Labute approximate surface area is 120 Å². The maximum absolute atomic E-state index is 5.71. The van der Waals surface area contributed by atoms with Crippen LogP contribution in [0.2, 0.25) is 0 Å². The van der Waals surface area contributed by atoms with Gasteiger partial charge in [0, 0.05) is 19.3 Å². The molecular formula is C16H24N2O2. The number of nitrogens with zero attached hydrogens (tertiary/aromatic N) is 2. The third-order valence-electron chi connectivity index (χ3n) is 3.24. The quantitative estimate of drug-likeness (QED) is 0.748. The first-order chi connectivity index (χ1) is 9.58. The first kappa shape index (κ1) is 15.0. The summed E-state index contributed by atoms with van der Waals surface area (Å²) in [5, 5.41) is 0. The van der Waals surface area contributed by atoms with Crippen LogP contribution in [-0.4, -0.2) is 22.8 Å². The zero-order valence-corrected chi connectivity index (χ0v) is 13.0. The van der Waals surface area contributed by atoms with Crippen molar-refractivity contribution in [3.8, 4) is 0 Å². The van der Waals surface area contributed by atoms with Gasteiger partial charge in [0.1, 0.15) is 0 Å². The summed E-state index contributed by atoms with van der Waals surface area (Å²) in [6.45, 7) is 11.5. The van der Waals surface area contributed by atoms with Gasteiger partial charge in [-0.2, -0.15) is 0 Å². The molecule has 0 spiro atoms. The van der Waals surface area contributed by atoms with Gasteiger partial charge in [0.15, 0.2) is 5.82 Å². The summed E-state index contributed by atoms with van der Waals surface area (Å²) in [5.41, 5.74) is 3.34. The highest BCUT2D eigenvalue weighted by atomic mass is 16.7. The number of ether oxygens (including phenoxy) is 2. The van der Waals surface area contributed by atoms with Crippen LogP contribution in [0.3, 0.4) is 0 Å². The number of fused-ring (bicyclic) bond motifs is 1. The predicted molar refractivity (Wildman–Crippen MR) is 80.8 cm³/mol. The van der Waals surface area contributed by atoms with Gasteiger partial charge in [-0.3, -0.25) is 0 Å². The van der Waals surface area contributed by atoms with Gasteiger partial charge in [0.2, 0.25) is 6.29 Å². The fraction of sp³-hybridized carbons (Fsp3) is 0.562. The number of aryl methyl sites for hydroxylation is 1. The van der Waals surface area contributed by atoms with E-state index in [1.807, 2.05) is 13.8 Å². The van der Waals surface area contributed by atoms with Gasteiger partial charge in [-0.1, -0.05) is 6.07 Å². The highest BCUT2D eigenvalue weighted by Gasteiger charge is 2.22. The normalized spacial score (nSPS) is 11.9. The third-order valence-corrected chi connectivity index (χ3v) is 3.24. The van der Waals surface area contributed by atoms with E-state index in [0.29, 0.717) is 19.3 Å². The molecule has 0 amide bonds. The molecule has 20 heavy (non-hydrogen) atoms. The van der Waals surface area contributed by atoms with Gasteiger partial charge in [-0.15, -0.1) is 0 Å². The monoisotopic (exact) mass is 276 g/mol. The second kappa shape index (κ2) is 6.37. The van der Waals surface area contributed by atoms with E-state index in [2.05, 4.69) is 43.5 Å². The highest BCUT2D eigenvalue weighted by molar-refractivity contribution is 5.77. The average molecular weight is 276 g/mol. The third kappa shape index (κ3) is 2.86. The second-order valence-electron chi connectivity index (χ2n) is 5.17. The number of benzene rings is 1. The molecule has 0 fully saturated rings. The van der Waals surface area contributed by atoms with Gasteiger partial charge in [0.05, 0.1) is 11.0 Å². The molecule has 0 N–H and O–H groups in total. The van der Waals surface area contributed by atoms with Crippen LogP contribution in [0.25, 0.3) is 11.0 Å². The molecular weight excluding hydrogens is 252 g/mol. The van der Waals surface area contributed by atoms with Crippen molar-refractivity contribution < 1.29 is 9.47 Å². The lowest BCUT2D eigenvalue weighted by Crippen LogP contribution is -2.16. The molecule has 0 aliphatic carbocycles. The molecule has 0 aliphatic rings. The Morgan fingerprint density at radius 1 is 1.15 bits per heavy atom. The van der Waals surface area contributed by atoms with Crippen molar-refractivity contribution in [2.24, 2.45) is 0 Å². The number of hydrogen-bond donors (Lipinski definition) is 0. The van der Waals surface area contributed by atoms with Crippen molar-refractivity contribution in [1.82, 2.24) is 9.55 Å². The molecule has 2 rings (SSSR count). The molecule has 0 saturated carbocycles. The molecule has 0 radical (unpaired) electrons. The zero-order chi connectivity index (χ0) is 14.7. The lowest BCUT2D eigenvalue weighted by Gasteiger charge is -2.20. The van der Waals surface area contributed by atoms with E-state index in [9.17, 15) is 0 Å². The molecule has 0 atom stereocenters. The van der Waals surface area contributed by atoms with Gasteiger partial charge in [0.25, 0.3) is 0 Å². The molecule has 4 nitrogen and oxygen atoms in total. The number of hydrogen-bond acceptors (Lipinski definition) is 3. The van der Waals surface area contributed by atoms with Crippen LogP contribution in [0.5, 0.6) is 0 Å². The van der Waals surface area contributed by atoms with Crippen LogP contribution in [0, 0.1) is 6.92 Å². The van der Waals surface area contributed by atoms with Crippen molar-refractivity contribution in [2.75, 3.05) is 13.2 Å². The molecule has 1 heterocycles. The van der Waals surface area contributed by atoms with Crippen LogP contribution < -0.4 is 0 Å². The highest BCUT2D eigenvalue weighted by Crippen LogP contribution is 2.28. The average Bonchev–Trinajstić information content (AvgIpc) is 2.76. The van der Waals surface area contributed by atoms with Crippen LogP contribution in [0.15, 0.2) is 18.2 Å². The van der Waals surface area contributed by atoms with E-state index in [4.69, 9.17) is 14.5 Å². The Hall–Kier alpha value is -1.39. The Balaban J connectivity index is 2.57. The number of imidazole rings is 1. The van der Waals surface area contributed by atoms with Crippen LogP contribution in [0.4, 0.5) is 0 Å².